The molecule has 12 atom stereocenters. The van der Waals surface area contributed by atoms with E-state index in [4.69, 9.17) is 18.9 Å². The smallest absolute Gasteiger partial charge is 0.220 e. The largest absolute Gasteiger partial charge is 0.394 e. The predicted octanol–water partition coefficient (Wildman–Crippen LogP) is 10.3. The zero-order valence-corrected chi connectivity index (χ0v) is 47.2. The van der Waals surface area contributed by atoms with Crippen LogP contribution in [0, 0.1) is 0 Å². The van der Waals surface area contributed by atoms with Gasteiger partial charge >= 0.3 is 0 Å². The number of ether oxygens (including phenoxy) is 4. The highest BCUT2D eigenvalue weighted by Crippen LogP contribution is 2.30. The second kappa shape index (κ2) is 47.3. The topological polar surface area (TPSA) is 228 Å². The first kappa shape index (κ1) is 69.5. The fourth-order valence-electron chi connectivity index (χ4n) is 9.59. The highest BCUT2D eigenvalue weighted by atomic mass is 16.7. The number of carbonyl (C=O) groups excluding carboxylic acids is 1. The van der Waals surface area contributed by atoms with Gasteiger partial charge in [0.2, 0.25) is 5.91 Å². The summed E-state index contributed by atoms with van der Waals surface area (Å²) in [5.41, 5.74) is 0. The van der Waals surface area contributed by atoms with E-state index in [9.17, 15) is 45.6 Å². The first-order valence-electron chi connectivity index (χ1n) is 30.2. The van der Waals surface area contributed by atoms with Gasteiger partial charge in [-0.05, 0) is 64.2 Å². The normalized spacial score (nSPS) is 25.4. The zero-order valence-electron chi connectivity index (χ0n) is 47.2. The highest BCUT2D eigenvalue weighted by molar-refractivity contribution is 5.76. The summed E-state index contributed by atoms with van der Waals surface area (Å²) in [4.78, 5) is 13.1. The summed E-state index contributed by atoms with van der Waals surface area (Å²) in [6, 6.07) is -0.826. The lowest BCUT2D eigenvalue weighted by Gasteiger charge is -2.46. The van der Waals surface area contributed by atoms with E-state index in [0.717, 1.165) is 96.3 Å². The van der Waals surface area contributed by atoms with Gasteiger partial charge in [-0.2, -0.15) is 0 Å². The monoisotopic (exact) mass is 1080 g/mol. The molecule has 1 amide bonds. The van der Waals surface area contributed by atoms with E-state index >= 15 is 0 Å². The number of nitrogens with one attached hydrogen (secondary N) is 1. The Morgan fingerprint density at radius 1 is 0.487 bits per heavy atom. The van der Waals surface area contributed by atoms with Crippen molar-refractivity contribution in [3.05, 3.63) is 72.9 Å². The molecule has 9 N–H and O–H groups in total. The standard InChI is InChI=1S/C62H109NO13/c1-3-5-7-9-10-11-12-13-14-15-16-17-18-19-20-21-22-23-24-25-26-27-28-29-30-31-32-33-34-35-36-37-38-39-40-42-44-46-54(67)63-50(51(66)45-43-41-8-6-4-2)49-73-61-59(72)57(70)60(53(48-65)75-61)76-62-58(71)56(69)55(68)52(47-64)74-62/h5,7,10-11,13-14,16-17,19-20,22-23,50-53,55-62,64-66,68-72H,3-4,6,8-9,12,15,18,21,24-49H2,1-2H3,(H,63,67)/b7-5-,11-10-,14-13-,17-16-,20-19-,23-22-. The molecule has 0 bridgehead atoms. The molecule has 0 spiro atoms. The van der Waals surface area contributed by atoms with E-state index in [1.54, 1.807) is 0 Å². The number of carbonyl (C=O) groups is 1. The van der Waals surface area contributed by atoms with Crippen molar-refractivity contribution in [2.45, 2.75) is 293 Å². The Labute approximate surface area is 459 Å². The number of rotatable bonds is 47. The van der Waals surface area contributed by atoms with E-state index in [0.29, 0.717) is 12.8 Å². The maximum absolute atomic E-state index is 13.1. The summed E-state index contributed by atoms with van der Waals surface area (Å²) >= 11 is 0. The lowest BCUT2D eigenvalue weighted by atomic mass is 9.97. The van der Waals surface area contributed by atoms with E-state index in [2.05, 4.69) is 92.1 Å². The molecule has 2 aliphatic rings. The summed E-state index contributed by atoms with van der Waals surface area (Å²) in [7, 11) is 0. The van der Waals surface area contributed by atoms with Crippen LogP contribution in [0.25, 0.3) is 0 Å². The lowest BCUT2D eigenvalue weighted by molar-refractivity contribution is -0.359. The molecule has 12 unspecified atom stereocenters. The molecule has 14 heteroatoms. The summed E-state index contributed by atoms with van der Waals surface area (Å²) < 4.78 is 22.7. The van der Waals surface area contributed by atoms with E-state index in [-0.39, 0.29) is 12.5 Å². The Kier molecular flexibility index (Phi) is 43.2. The number of aliphatic hydroxyl groups is 8. The molecule has 14 nitrogen and oxygen atoms in total. The van der Waals surface area contributed by atoms with Gasteiger partial charge in [-0.25, -0.2) is 0 Å². The molecule has 0 saturated carbocycles. The van der Waals surface area contributed by atoms with Crippen molar-refractivity contribution in [2.75, 3.05) is 19.8 Å². The SMILES string of the molecule is CC/C=C\C/C=C\C/C=C\C/C=C\C/C=C\C/C=C\CCCCCCCCCCCCCCCCCCCCC(=O)NC(COC1OC(CO)C(OC2OC(CO)C(O)C(O)C2O)C(O)C1O)C(O)CCCCCCC. The second-order valence-corrected chi connectivity index (χ2v) is 21.1. The van der Waals surface area contributed by atoms with E-state index in [1.807, 2.05) is 0 Å². The van der Waals surface area contributed by atoms with Gasteiger partial charge in [0, 0.05) is 6.42 Å². The fraction of sp³-hybridized carbons (Fsp3) is 0.790. The van der Waals surface area contributed by atoms with Crippen LogP contribution in [-0.4, -0.2) is 140 Å². The van der Waals surface area contributed by atoms with Crippen LogP contribution in [0.2, 0.25) is 0 Å². The lowest BCUT2D eigenvalue weighted by Crippen LogP contribution is -2.65. The molecule has 76 heavy (non-hydrogen) atoms. The Balaban J connectivity index is 1.51. The molecule has 0 aromatic heterocycles. The van der Waals surface area contributed by atoms with Gasteiger partial charge in [0.15, 0.2) is 12.6 Å². The van der Waals surface area contributed by atoms with Crippen LogP contribution < -0.4 is 5.32 Å². The van der Waals surface area contributed by atoms with E-state index in [1.165, 1.54) is 96.3 Å². The van der Waals surface area contributed by atoms with Gasteiger partial charge in [-0.1, -0.05) is 222 Å². The third-order valence-corrected chi connectivity index (χ3v) is 14.4. The van der Waals surface area contributed by atoms with Crippen LogP contribution in [0.5, 0.6) is 0 Å². The Bertz CT molecular complexity index is 1550. The number of hydrogen-bond acceptors (Lipinski definition) is 13. The van der Waals surface area contributed by atoms with Crippen molar-refractivity contribution in [1.29, 1.82) is 0 Å². The summed E-state index contributed by atoms with van der Waals surface area (Å²) in [6.45, 7) is 2.63. The minimum atomic E-state index is -1.78. The maximum Gasteiger partial charge on any atom is 0.220 e. The van der Waals surface area contributed by atoms with E-state index < -0.39 is 86.8 Å². The summed E-state index contributed by atoms with van der Waals surface area (Å²) in [6.07, 6.45) is 45.7. The van der Waals surface area contributed by atoms with Crippen LogP contribution in [0.3, 0.4) is 0 Å². The van der Waals surface area contributed by atoms with Gasteiger partial charge in [-0.15, -0.1) is 0 Å². The predicted molar refractivity (Wildman–Crippen MR) is 304 cm³/mol. The Morgan fingerprint density at radius 3 is 1.39 bits per heavy atom. The molecule has 2 saturated heterocycles. The van der Waals surface area contributed by atoms with Crippen molar-refractivity contribution >= 4 is 5.91 Å². The number of hydrogen-bond donors (Lipinski definition) is 9. The van der Waals surface area contributed by atoms with Crippen molar-refractivity contribution in [2.24, 2.45) is 0 Å². The van der Waals surface area contributed by atoms with Gasteiger partial charge in [0.05, 0.1) is 32.0 Å². The van der Waals surface area contributed by atoms with Gasteiger partial charge in [-0.3, -0.25) is 4.79 Å². The second-order valence-electron chi connectivity index (χ2n) is 21.1. The number of allylic oxidation sites excluding steroid dienone is 12. The number of amides is 1. The number of aliphatic hydroxyl groups excluding tert-OH is 8. The maximum atomic E-state index is 13.1. The third kappa shape index (κ3) is 32.5. The van der Waals surface area contributed by atoms with Crippen molar-refractivity contribution in [3.8, 4) is 0 Å². The van der Waals surface area contributed by atoms with Crippen molar-refractivity contribution in [3.63, 3.8) is 0 Å². The van der Waals surface area contributed by atoms with Crippen LogP contribution in [0.1, 0.15) is 219 Å². The Hall–Kier alpha value is -2.57. The van der Waals surface area contributed by atoms with Crippen molar-refractivity contribution in [1.82, 2.24) is 5.32 Å². The highest BCUT2D eigenvalue weighted by Gasteiger charge is 2.51. The first-order valence-corrected chi connectivity index (χ1v) is 30.2. The van der Waals surface area contributed by atoms with Crippen LogP contribution in [0.15, 0.2) is 72.9 Å². The molecular weight excluding hydrogens is 967 g/mol. The van der Waals surface area contributed by atoms with Crippen LogP contribution in [-0.2, 0) is 23.7 Å². The van der Waals surface area contributed by atoms with Gasteiger partial charge < -0.3 is 65.1 Å². The minimum absolute atomic E-state index is 0.214. The quantitative estimate of drug-likeness (QED) is 0.0204. The molecule has 0 aliphatic carbocycles. The van der Waals surface area contributed by atoms with Gasteiger partial charge in [0.25, 0.3) is 0 Å². The average Bonchev–Trinajstić information content (AvgIpc) is 3.42. The molecule has 440 valence electrons. The van der Waals surface area contributed by atoms with Crippen LogP contribution >= 0.6 is 0 Å². The number of unbranched alkanes of at least 4 members (excludes halogenated alkanes) is 22. The first-order chi connectivity index (χ1) is 37.1. The Morgan fingerprint density at radius 2 is 0.908 bits per heavy atom. The fourth-order valence-corrected chi connectivity index (χ4v) is 9.59. The van der Waals surface area contributed by atoms with Crippen LogP contribution in [0.4, 0.5) is 0 Å². The summed E-state index contributed by atoms with van der Waals surface area (Å²) in [5, 5.41) is 86.5. The molecule has 2 fully saturated rings. The molecule has 2 aliphatic heterocycles. The molecule has 2 rings (SSSR count). The minimum Gasteiger partial charge on any atom is -0.394 e. The zero-order chi connectivity index (χ0) is 55.3. The van der Waals surface area contributed by atoms with Gasteiger partial charge in [0.1, 0.15) is 48.8 Å². The average molecular weight is 1080 g/mol. The third-order valence-electron chi connectivity index (χ3n) is 14.4. The molecule has 2 heterocycles. The molecule has 0 aromatic rings. The molecule has 0 radical (unpaired) electrons. The summed E-state index contributed by atoms with van der Waals surface area (Å²) in [5.74, 6) is -0.214. The van der Waals surface area contributed by atoms with Crippen molar-refractivity contribution < 1.29 is 64.6 Å². The molecular formula is C62H109NO13. The molecule has 0 aromatic carbocycles.